The first kappa shape index (κ1) is 18.7. The van der Waals surface area contributed by atoms with E-state index in [2.05, 4.69) is 25.3 Å². The van der Waals surface area contributed by atoms with Crippen LogP contribution in [0.15, 0.2) is 28.4 Å². The van der Waals surface area contributed by atoms with Crippen LogP contribution in [0.3, 0.4) is 0 Å². The first-order valence-electron chi connectivity index (χ1n) is 9.27. The van der Waals surface area contributed by atoms with Gasteiger partial charge in [-0.15, -0.1) is 11.3 Å². The van der Waals surface area contributed by atoms with Crippen molar-refractivity contribution in [3.05, 3.63) is 41.1 Å². The predicted octanol–water partition coefficient (Wildman–Crippen LogP) is 3.02. The van der Waals surface area contributed by atoms with E-state index < -0.39 is 0 Å². The van der Waals surface area contributed by atoms with E-state index in [4.69, 9.17) is 9.51 Å². The van der Waals surface area contributed by atoms with Crippen LogP contribution >= 0.6 is 11.3 Å². The van der Waals surface area contributed by atoms with Gasteiger partial charge in [0.15, 0.2) is 10.9 Å². The number of carbonyl (C=O) groups is 1. The van der Waals surface area contributed by atoms with Crippen LogP contribution in [0.4, 0.5) is 5.13 Å². The minimum absolute atomic E-state index is 0.0412. The van der Waals surface area contributed by atoms with Crippen molar-refractivity contribution in [1.82, 2.24) is 25.0 Å². The zero-order chi connectivity index (χ0) is 19.5. The van der Waals surface area contributed by atoms with Gasteiger partial charge in [-0.2, -0.15) is 0 Å². The molecule has 1 N–H and O–H groups in total. The second-order valence-corrected chi connectivity index (χ2v) is 7.90. The molecule has 4 rings (SSSR count). The molecular weight excluding hydrogens is 376 g/mol. The number of hydrogen-bond acceptors (Lipinski definition) is 8. The summed E-state index contributed by atoms with van der Waals surface area (Å²) in [5, 5.41) is 9.32. The number of carbonyl (C=O) groups excluding carboxylic acids is 1. The average molecular weight is 398 g/mol. The monoisotopic (exact) mass is 398 g/mol. The second-order valence-electron chi connectivity index (χ2n) is 7.01. The smallest absolute Gasteiger partial charge is 0.240 e. The van der Waals surface area contributed by atoms with Gasteiger partial charge in [0.25, 0.3) is 0 Å². The molecule has 28 heavy (non-hydrogen) atoms. The van der Waals surface area contributed by atoms with Gasteiger partial charge in [0.2, 0.25) is 5.91 Å². The summed E-state index contributed by atoms with van der Waals surface area (Å²) < 4.78 is 5.46. The molecule has 4 heterocycles. The highest BCUT2D eigenvalue weighted by atomic mass is 32.1. The van der Waals surface area contributed by atoms with Crippen molar-refractivity contribution < 1.29 is 9.32 Å². The number of anilines is 1. The van der Waals surface area contributed by atoms with Crippen LogP contribution < -0.4 is 5.32 Å². The van der Waals surface area contributed by atoms with E-state index in [1.807, 2.05) is 31.5 Å². The van der Waals surface area contributed by atoms with Crippen molar-refractivity contribution in [3.8, 4) is 11.3 Å². The van der Waals surface area contributed by atoms with E-state index in [1.54, 1.807) is 6.20 Å². The fraction of sp³-hybridized carbons (Fsp3) is 0.421. The molecule has 1 fully saturated rings. The van der Waals surface area contributed by atoms with E-state index in [9.17, 15) is 4.79 Å². The van der Waals surface area contributed by atoms with Gasteiger partial charge < -0.3 is 9.84 Å². The topological polar surface area (TPSA) is 97.0 Å². The molecule has 3 aromatic rings. The van der Waals surface area contributed by atoms with Crippen LogP contribution in [0.2, 0.25) is 0 Å². The lowest BCUT2D eigenvalue weighted by atomic mass is 9.91. The van der Waals surface area contributed by atoms with E-state index in [0.29, 0.717) is 17.4 Å². The molecule has 0 aliphatic carbocycles. The molecule has 0 aromatic carbocycles. The molecule has 0 saturated carbocycles. The van der Waals surface area contributed by atoms with Crippen molar-refractivity contribution in [2.24, 2.45) is 0 Å². The van der Waals surface area contributed by atoms with Gasteiger partial charge in [0.05, 0.1) is 23.5 Å². The maximum Gasteiger partial charge on any atom is 0.240 e. The fourth-order valence-corrected chi connectivity index (χ4v) is 4.09. The Bertz CT molecular complexity index is 955. The van der Waals surface area contributed by atoms with Crippen LogP contribution in [-0.2, 0) is 4.79 Å². The van der Waals surface area contributed by atoms with Crippen LogP contribution in [0.1, 0.15) is 36.0 Å². The molecule has 0 radical (unpaired) electrons. The quantitative estimate of drug-likeness (QED) is 0.705. The van der Waals surface area contributed by atoms with Gasteiger partial charge >= 0.3 is 0 Å². The SMILES string of the molecule is Cc1cc(-c2cnc(C)nc2[C@H]2CCCN(CC(=O)Nc3nccs3)C2)on1. The third-order valence-electron chi connectivity index (χ3n) is 4.77. The van der Waals surface area contributed by atoms with E-state index in [-0.39, 0.29) is 11.8 Å². The summed E-state index contributed by atoms with van der Waals surface area (Å²) in [5.41, 5.74) is 2.67. The number of nitrogens with zero attached hydrogens (tertiary/aromatic N) is 5. The molecule has 3 aromatic heterocycles. The lowest BCUT2D eigenvalue weighted by molar-refractivity contribution is -0.117. The van der Waals surface area contributed by atoms with Crippen LogP contribution in [-0.4, -0.2) is 50.5 Å². The van der Waals surface area contributed by atoms with E-state index >= 15 is 0 Å². The highest BCUT2D eigenvalue weighted by Gasteiger charge is 2.27. The number of aromatic nitrogens is 4. The molecule has 8 nitrogen and oxygen atoms in total. The molecule has 0 unspecified atom stereocenters. The van der Waals surface area contributed by atoms with Crippen molar-refractivity contribution in [1.29, 1.82) is 0 Å². The van der Waals surface area contributed by atoms with Gasteiger partial charge in [0.1, 0.15) is 5.82 Å². The number of aryl methyl sites for hydroxylation is 2. The number of thiazole rings is 1. The van der Waals surface area contributed by atoms with Gasteiger partial charge in [-0.05, 0) is 33.2 Å². The Morgan fingerprint density at radius 1 is 1.39 bits per heavy atom. The van der Waals surface area contributed by atoms with Crippen molar-refractivity contribution in [2.45, 2.75) is 32.6 Å². The summed E-state index contributed by atoms with van der Waals surface area (Å²) in [6.07, 6.45) is 5.52. The molecule has 0 bridgehead atoms. The summed E-state index contributed by atoms with van der Waals surface area (Å²) in [5.74, 6) is 1.59. The van der Waals surface area contributed by atoms with Crippen molar-refractivity contribution in [3.63, 3.8) is 0 Å². The molecule has 146 valence electrons. The Balaban J connectivity index is 1.50. The summed E-state index contributed by atoms with van der Waals surface area (Å²) in [4.78, 5) is 27.7. The standard InChI is InChI=1S/C19H22N6O2S/c1-12-8-16(27-24-12)15-9-21-13(2)22-18(15)14-4-3-6-25(10-14)11-17(26)23-19-20-5-7-28-19/h5,7-9,14H,3-4,6,10-11H2,1-2H3,(H,20,23,26)/t14-/m0/s1. The zero-order valence-corrected chi connectivity index (χ0v) is 16.7. The largest absolute Gasteiger partial charge is 0.356 e. The Morgan fingerprint density at radius 3 is 3.04 bits per heavy atom. The first-order valence-corrected chi connectivity index (χ1v) is 10.2. The molecular formula is C19H22N6O2S. The number of rotatable bonds is 5. The summed E-state index contributed by atoms with van der Waals surface area (Å²) in [6.45, 7) is 5.79. The molecule has 1 aliphatic heterocycles. The predicted molar refractivity (Wildman–Crippen MR) is 106 cm³/mol. The van der Waals surface area contributed by atoms with Crippen LogP contribution in [0, 0.1) is 13.8 Å². The minimum Gasteiger partial charge on any atom is -0.356 e. The molecule has 1 aliphatic rings. The van der Waals surface area contributed by atoms with Gasteiger partial charge in [-0.3, -0.25) is 9.69 Å². The highest BCUT2D eigenvalue weighted by Crippen LogP contribution is 2.33. The second kappa shape index (κ2) is 8.15. The maximum absolute atomic E-state index is 12.3. The highest BCUT2D eigenvalue weighted by molar-refractivity contribution is 7.13. The van der Waals surface area contributed by atoms with Crippen LogP contribution in [0.5, 0.6) is 0 Å². The first-order chi connectivity index (χ1) is 13.6. The lowest BCUT2D eigenvalue weighted by Crippen LogP contribution is -2.40. The molecule has 0 spiro atoms. The normalized spacial score (nSPS) is 17.6. The third-order valence-corrected chi connectivity index (χ3v) is 5.46. The maximum atomic E-state index is 12.3. The number of piperidine rings is 1. The molecule has 1 amide bonds. The zero-order valence-electron chi connectivity index (χ0n) is 15.9. The molecule has 9 heteroatoms. The summed E-state index contributed by atoms with van der Waals surface area (Å²) in [6, 6.07) is 1.90. The summed E-state index contributed by atoms with van der Waals surface area (Å²) >= 11 is 1.42. The minimum atomic E-state index is -0.0412. The third kappa shape index (κ3) is 4.26. The molecule has 1 atom stereocenters. The van der Waals surface area contributed by atoms with Crippen molar-refractivity contribution >= 4 is 22.4 Å². The number of nitrogens with one attached hydrogen (secondary N) is 1. The Morgan fingerprint density at radius 2 is 2.29 bits per heavy atom. The van der Waals surface area contributed by atoms with Gasteiger partial charge in [-0.25, -0.2) is 15.0 Å². The van der Waals surface area contributed by atoms with Gasteiger partial charge in [0, 0.05) is 36.3 Å². The number of amides is 1. The fourth-order valence-electron chi connectivity index (χ4n) is 3.55. The Kier molecular flexibility index (Phi) is 5.45. The lowest BCUT2D eigenvalue weighted by Gasteiger charge is -2.32. The number of likely N-dealkylation sites (tertiary alicyclic amines) is 1. The van der Waals surface area contributed by atoms with Crippen LogP contribution in [0.25, 0.3) is 11.3 Å². The molecule has 1 saturated heterocycles. The Hall–Kier alpha value is -2.65. The average Bonchev–Trinajstić information content (AvgIpc) is 3.33. The van der Waals surface area contributed by atoms with E-state index in [1.165, 1.54) is 11.3 Å². The Labute approximate surface area is 167 Å². The van der Waals surface area contributed by atoms with E-state index in [0.717, 1.165) is 48.7 Å². The van der Waals surface area contributed by atoms with Crippen molar-refractivity contribution in [2.75, 3.05) is 25.0 Å². The summed E-state index contributed by atoms with van der Waals surface area (Å²) in [7, 11) is 0. The van der Waals surface area contributed by atoms with Gasteiger partial charge in [-0.1, -0.05) is 5.16 Å². The number of hydrogen-bond donors (Lipinski definition) is 1.